The summed E-state index contributed by atoms with van der Waals surface area (Å²) in [6, 6.07) is 11.6. The molecule has 0 saturated heterocycles. The molecule has 0 spiro atoms. The van der Waals surface area contributed by atoms with E-state index in [0.29, 0.717) is 38.7 Å². The Morgan fingerprint density at radius 1 is 1.00 bits per heavy atom. The number of amides is 1. The lowest BCUT2D eigenvalue weighted by Gasteiger charge is -2.18. The molecule has 3 rings (SSSR count). The molecule has 1 amide bonds. The highest BCUT2D eigenvalue weighted by molar-refractivity contribution is 8.00. The summed E-state index contributed by atoms with van der Waals surface area (Å²) in [5.74, 6) is 3.34. The lowest BCUT2D eigenvalue weighted by molar-refractivity contribution is -0.118. The number of hydrogen-bond acceptors (Lipinski definition) is 6. The number of hydrogen-bond donors (Lipinski definition) is 1. The molecule has 156 valence electrons. The molecular weight excluding hydrogens is 390 g/mol. The van der Waals surface area contributed by atoms with Crippen molar-refractivity contribution in [2.45, 2.75) is 25.2 Å². The third-order valence-corrected chi connectivity index (χ3v) is 5.22. The Morgan fingerprint density at radius 3 is 2.55 bits per heavy atom. The lowest BCUT2D eigenvalue weighted by Crippen LogP contribution is -2.27. The molecule has 7 heteroatoms. The summed E-state index contributed by atoms with van der Waals surface area (Å²) in [5.41, 5.74) is 1.09. The Labute approximate surface area is 175 Å². The minimum absolute atomic E-state index is 0.000794. The van der Waals surface area contributed by atoms with Crippen molar-refractivity contribution in [2.75, 3.05) is 38.7 Å². The van der Waals surface area contributed by atoms with Crippen molar-refractivity contribution < 1.29 is 23.7 Å². The standard InChI is InChI=1S/C22H27NO5S/c1-3-25-18-7-5-16(13-20(18)26-4-2)9-10-23-22(24)15-29-17-6-8-19-21(14-17)28-12-11-27-19/h5-8,13-14H,3-4,9-12,15H2,1-2H3,(H,23,24). The van der Waals surface area contributed by atoms with Gasteiger partial charge in [0.25, 0.3) is 0 Å². The molecule has 0 saturated carbocycles. The third-order valence-electron chi connectivity index (χ3n) is 4.23. The number of carbonyl (C=O) groups excluding carboxylic acids is 1. The molecule has 0 aliphatic carbocycles. The fourth-order valence-electron chi connectivity index (χ4n) is 2.91. The Morgan fingerprint density at radius 2 is 1.76 bits per heavy atom. The molecule has 0 aromatic heterocycles. The Hall–Kier alpha value is -2.54. The van der Waals surface area contributed by atoms with Crippen LogP contribution in [0.1, 0.15) is 19.4 Å². The van der Waals surface area contributed by atoms with Gasteiger partial charge in [0.2, 0.25) is 5.91 Å². The van der Waals surface area contributed by atoms with Crippen LogP contribution in [0.2, 0.25) is 0 Å². The van der Waals surface area contributed by atoms with E-state index < -0.39 is 0 Å². The van der Waals surface area contributed by atoms with Gasteiger partial charge in [0, 0.05) is 11.4 Å². The second-order valence-corrected chi connectivity index (χ2v) is 7.39. The molecule has 0 atom stereocenters. The Balaban J connectivity index is 1.44. The lowest BCUT2D eigenvalue weighted by atomic mass is 10.1. The van der Waals surface area contributed by atoms with Crippen molar-refractivity contribution in [2.24, 2.45) is 0 Å². The number of nitrogens with one attached hydrogen (secondary N) is 1. The van der Waals surface area contributed by atoms with Crippen molar-refractivity contribution in [3.05, 3.63) is 42.0 Å². The van der Waals surface area contributed by atoms with Gasteiger partial charge in [-0.3, -0.25) is 4.79 Å². The summed E-state index contributed by atoms with van der Waals surface area (Å²) in [7, 11) is 0. The van der Waals surface area contributed by atoms with Gasteiger partial charge in [0.1, 0.15) is 13.2 Å². The average Bonchev–Trinajstić information content (AvgIpc) is 2.74. The molecular formula is C22H27NO5S. The molecule has 0 fully saturated rings. The predicted molar refractivity (Wildman–Crippen MR) is 114 cm³/mol. The van der Waals surface area contributed by atoms with E-state index in [1.807, 2.05) is 50.2 Å². The maximum absolute atomic E-state index is 12.2. The van der Waals surface area contributed by atoms with E-state index >= 15 is 0 Å². The zero-order chi connectivity index (χ0) is 20.5. The molecule has 0 unspecified atom stereocenters. The molecule has 2 aromatic carbocycles. The van der Waals surface area contributed by atoms with E-state index in [9.17, 15) is 4.79 Å². The highest BCUT2D eigenvalue weighted by Crippen LogP contribution is 2.34. The van der Waals surface area contributed by atoms with Crippen LogP contribution in [-0.2, 0) is 11.2 Å². The maximum atomic E-state index is 12.2. The molecule has 1 aliphatic rings. The van der Waals surface area contributed by atoms with Crippen LogP contribution in [-0.4, -0.2) is 44.6 Å². The molecule has 29 heavy (non-hydrogen) atoms. The number of carbonyl (C=O) groups is 1. The van der Waals surface area contributed by atoms with Gasteiger partial charge in [0.05, 0.1) is 19.0 Å². The number of ether oxygens (including phenoxy) is 4. The fourth-order valence-corrected chi connectivity index (χ4v) is 3.67. The van der Waals surface area contributed by atoms with E-state index in [1.54, 1.807) is 0 Å². The predicted octanol–water partition coefficient (Wildman–Crippen LogP) is 3.71. The molecule has 0 radical (unpaired) electrons. The summed E-state index contributed by atoms with van der Waals surface area (Å²) in [6.07, 6.45) is 0.729. The van der Waals surface area contributed by atoms with Gasteiger partial charge in [-0.05, 0) is 56.2 Å². The summed E-state index contributed by atoms with van der Waals surface area (Å²) in [5, 5.41) is 2.97. The number of rotatable bonds is 10. The first-order chi connectivity index (χ1) is 14.2. The summed E-state index contributed by atoms with van der Waals surface area (Å²) in [4.78, 5) is 13.2. The molecule has 1 N–H and O–H groups in total. The highest BCUT2D eigenvalue weighted by Gasteiger charge is 2.13. The third kappa shape index (κ3) is 6.22. The quantitative estimate of drug-likeness (QED) is 0.595. The smallest absolute Gasteiger partial charge is 0.230 e. The van der Waals surface area contributed by atoms with E-state index in [4.69, 9.17) is 18.9 Å². The molecule has 1 aliphatic heterocycles. The second kappa shape index (κ2) is 10.9. The first-order valence-electron chi connectivity index (χ1n) is 9.87. The van der Waals surface area contributed by atoms with Crippen molar-refractivity contribution in [1.29, 1.82) is 0 Å². The average molecular weight is 418 g/mol. The zero-order valence-electron chi connectivity index (χ0n) is 16.9. The van der Waals surface area contributed by atoms with Crippen molar-refractivity contribution >= 4 is 17.7 Å². The monoisotopic (exact) mass is 417 g/mol. The SMILES string of the molecule is CCOc1ccc(CCNC(=O)CSc2ccc3c(c2)OCCO3)cc1OCC. The second-order valence-electron chi connectivity index (χ2n) is 6.34. The van der Waals surface area contributed by atoms with Gasteiger partial charge >= 0.3 is 0 Å². The van der Waals surface area contributed by atoms with Crippen LogP contribution < -0.4 is 24.3 Å². The Kier molecular flexibility index (Phi) is 7.93. The molecule has 1 heterocycles. The van der Waals surface area contributed by atoms with Crippen LogP contribution in [0.4, 0.5) is 0 Å². The van der Waals surface area contributed by atoms with E-state index in [0.717, 1.165) is 39.9 Å². The topological polar surface area (TPSA) is 66.0 Å². The van der Waals surface area contributed by atoms with Crippen molar-refractivity contribution in [3.8, 4) is 23.0 Å². The summed E-state index contributed by atoms with van der Waals surface area (Å²) in [6.45, 7) is 6.76. The van der Waals surface area contributed by atoms with E-state index in [1.165, 1.54) is 11.8 Å². The van der Waals surface area contributed by atoms with Crippen LogP contribution in [0.25, 0.3) is 0 Å². The fraction of sp³-hybridized carbons (Fsp3) is 0.409. The van der Waals surface area contributed by atoms with Crippen LogP contribution in [0, 0.1) is 0 Å². The minimum atomic E-state index is 0.000794. The number of benzene rings is 2. The van der Waals surface area contributed by atoms with Gasteiger partial charge < -0.3 is 24.3 Å². The van der Waals surface area contributed by atoms with Crippen LogP contribution in [0.15, 0.2) is 41.3 Å². The molecule has 6 nitrogen and oxygen atoms in total. The van der Waals surface area contributed by atoms with Gasteiger partial charge in [-0.25, -0.2) is 0 Å². The van der Waals surface area contributed by atoms with Crippen LogP contribution >= 0.6 is 11.8 Å². The van der Waals surface area contributed by atoms with Crippen LogP contribution in [0.3, 0.4) is 0 Å². The largest absolute Gasteiger partial charge is 0.490 e. The van der Waals surface area contributed by atoms with Gasteiger partial charge in [-0.2, -0.15) is 0 Å². The van der Waals surface area contributed by atoms with Gasteiger partial charge in [0.15, 0.2) is 23.0 Å². The summed E-state index contributed by atoms with van der Waals surface area (Å²) >= 11 is 1.48. The number of fused-ring (bicyclic) bond motifs is 1. The Bertz CT molecular complexity index is 827. The van der Waals surface area contributed by atoms with E-state index in [2.05, 4.69) is 5.32 Å². The van der Waals surface area contributed by atoms with Crippen molar-refractivity contribution in [1.82, 2.24) is 5.32 Å². The van der Waals surface area contributed by atoms with Gasteiger partial charge in [-0.15, -0.1) is 11.8 Å². The van der Waals surface area contributed by atoms with Gasteiger partial charge in [-0.1, -0.05) is 6.07 Å². The maximum Gasteiger partial charge on any atom is 0.230 e. The number of thioether (sulfide) groups is 1. The normalized spacial score (nSPS) is 12.3. The van der Waals surface area contributed by atoms with E-state index in [-0.39, 0.29) is 5.91 Å². The van der Waals surface area contributed by atoms with Crippen molar-refractivity contribution in [3.63, 3.8) is 0 Å². The summed E-state index contributed by atoms with van der Waals surface area (Å²) < 4.78 is 22.3. The molecule has 2 aromatic rings. The van der Waals surface area contributed by atoms with Crippen LogP contribution in [0.5, 0.6) is 23.0 Å². The highest BCUT2D eigenvalue weighted by atomic mass is 32.2. The minimum Gasteiger partial charge on any atom is -0.490 e. The molecule has 0 bridgehead atoms. The first kappa shape index (κ1) is 21.2. The zero-order valence-corrected chi connectivity index (χ0v) is 17.7. The first-order valence-corrected chi connectivity index (χ1v) is 10.9.